The van der Waals surface area contributed by atoms with Crippen LogP contribution in [0.3, 0.4) is 0 Å². The van der Waals surface area contributed by atoms with E-state index in [-0.39, 0.29) is 5.41 Å². The maximum Gasteiger partial charge on any atom is 0.160 e. The Morgan fingerprint density at radius 2 is 0.855 bits per heavy atom. The van der Waals surface area contributed by atoms with E-state index in [4.69, 9.17) is 9.97 Å². The van der Waals surface area contributed by atoms with Crippen molar-refractivity contribution < 1.29 is 0 Å². The molecular weight excluding hydrogens is 665 g/mol. The van der Waals surface area contributed by atoms with Crippen molar-refractivity contribution in [2.45, 2.75) is 19.3 Å². The zero-order valence-electron chi connectivity index (χ0n) is 30.7. The molecule has 2 heteroatoms. The molecule has 0 saturated heterocycles. The number of rotatable bonds is 4. The molecule has 258 valence electrons. The normalized spacial score (nSPS) is 13.1. The predicted octanol–water partition coefficient (Wildman–Crippen LogP) is 14.1. The summed E-state index contributed by atoms with van der Waals surface area (Å²) in [6, 6.07) is 65.9. The van der Waals surface area contributed by atoms with Crippen LogP contribution in [0.25, 0.3) is 99.2 Å². The lowest BCUT2D eigenvalue weighted by atomic mass is 9.81. The first-order chi connectivity index (χ1) is 27.0. The molecule has 0 amide bonds. The summed E-state index contributed by atoms with van der Waals surface area (Å²) in [5.74, 6) is 0.712. The van der Waals surface area contributed by atoms with Crippen molar-refractivity contribution in [3.63, 3.8) is 0 Å². The smallest absolute Gasteiger partial charge is 0.160 e. The van der Waals surface area contributed by atoms with Gasteiger partial charge in [-0.25, -0.2) is 9.97 Å². The minimum atomic E-state index is -0.0645. The Hall–Kier alpha value is -6.90. The molecule has 9 aromatic carbocycles. The minimum absolute atomic E-state index is 0.0645. The van der Waals surface area contributed by atoms with Gasteiger partial charge in [-0.1, -0.05) is 184 Å². The predicted molar refractivity (Wildman–Crippen MR) is 231 cm³/mol. The molecule has 0 atom stereocenters. The van der Waals surface area contributed by atoms with E-state index in [2.05, 4.69) is 190 Å². The van der Waals surface area contributed by atoms with Crippen molar-refractivity contribution in [2.24, 2.45) is 0 Å². The monoisotopic (exact) mass is 700 g/mol. The van der Waals surface area contributed by atoms with Gasteiger partial charge in [0.15, 0.2) is 5.82 Å². The topological polar surface area (TPSA) is 25.8 Å². The zero-order valence-corrected chi connectivity index (χ0v) is 30.7. The summed E-state index contributed by atoms with van der Waals surface area (Å²) < 4.78 is 0. The number of nitrogens with zero attached hydrogens (tertiary/aromatic N) is 2. The van der Waals surface area contributed by atoms with E-state index in [1.165, 1.54) is 76.5 Å². The lowest BCUT2D eigenvalue weighted by Gasteiger charge is -2.22. The molecule has 10 aromatic rings. The lowest BCUT2D eigenvalue weighted by Crippen LogP contribution is -2.14. The fourth-order valence-corrected chi connectivity index (χ4v) is 9.25. The summed E-state index contributed by atoms with van der Waals surface area (Å²) in [7, 11) is 0. The Labute approximate surface area is 320 Å². The van der Waals surface area contributed by atoms with E-state index >= 15 is 0 Å². The molecule has 0 fully saturated rings. The summed E-state index contributed by atoms with van der Waals surface area (Å²) in [4.78, 5) is 10.6. The van der Waals surface area contributed by atoms with Crippen molar-refractivity contribution in [1.29, 1.82) is 0 Å². The highest BCUT2D eigenvalue weighted by Crippen LogP contribution is 2.53. The van der Waals surface area contributed by atoms with Crippen molar-refractivity contribution in [2.75, 3.05) is 0 Å². The molecule has 0 spiro atoms. The largest absolute Gasteiger partial charge is 0.228 e. The van der Waals surface area contributed by atoms with Gasteiger partial charge in [-0.3, -0.25) is 0 Å². The Morgan fingerprint density at radius 1 is 0.327 bits per heavy atom. The van der Waals surface area contributed by atoms with E-state index in [9.17, 15) is 0 Å². The van der Waals surface area contributed by atoms with Crippen LogP contribution in [0, 0.1) is 0 Å². The number of hydrogen-bond donors (Lipinski definition) is 0. The third kappa shape index (κ3) is 4.81. The molecule has 0 N–H and O–H groups in total. The molecule has 1 heterocycles. The van der Waals surface area contributed by atoms with Gasteiger partial charge in [0.2, 0.25) is 0 Å². The number of fused-ring (bicyclic) bond motifs is 10. The summed E-state index contributed by atoms with van der Waals surface area (Å²) in [6.45, 7) is 4.69. The first-order valence-corrected chi connectivity index (χ1v) is 19.1. The third-order valence-electron chi connectivity index (χ3n) is 11.9. The van der Waals surface area contributed by atoms with Crippen molar-refractivity contribution in [3.05, 3.63) is 193 Å². The van der Waals surface area contributed by atoms with Crippen LogP contribution < -0.4 is 0 Å². The molecule has 1 aliphatic carbocycles. The minimum Gasteiger partial charge on any atom is -0.228 e. The van der Waals surface area contributed by atoms with Crippen LogP contribution in [-0.4, -0.2) is 9.97 Å². The van der Waals surface area contributed by atoms with Crippen molar-refractivity contribution in [1.82, 2.24) is 9.97 Å². The number of aromatic nitrogens is 2. The van der Waals surface area contributed by atoms with E-state index in [1.807, 2.05) is 6.07 Å². The first kappa shape index (κ1) is 31.6. The van der Waals surface area contributed by atoms with Gasteiger partial charge in [-0.2, -0.15) is 0 Å². The van der Waals surface area contributed by atoms with Crippen LogP contribution in [0.2, 0.25) is 0 Å². The Balaban J connectivity index is 1.13. The third-order valence-corrected chi connectivity index (χ3v) is 11.9. The molecule has 1 aromatic heterocycles. The van der Waals surface area contributed by atoms with Crippen LogP contribution in [0.15, 0.2) is 182 Å². The number of hydrogen-bond acceptors (Lipinski definition) is 2. The van der Waals surface area contributed by atoms with Gasteiger partial charge in [0.05, 0.1) is 11.4 Å². The van der Waals surface area contributed by atoms with Gasteiger partial charge >= 0.3 is 0 Å². The van der Waals surface area contributed by atoms with Crippen molar-refractivity contribution >= 4 is 43.1 Å². The van der Waals surface area contributed by atoms with Gasteiger partial charge in [0, 0.05) is 22.1 Å². The van der Waals surface area contributed by atoms with Crippen LogP contribution in [0.5, 0.6) is 0 Å². The molecule has 2 nitrogen and oxygen atoms in total. The zero-order chi connectivity index (χ0) is 36.7. The van der Waals surface area contributed by atoms with Gasteiger partial charge in [-0.05, 0) is 88.6 Å². The van der Waals surface area contributed by atoms with Crippen LogP contribution in [0.1, 0.15) is 25.0 Å². The van der Waals surface area contributed by atoms with E-state index in [0.717, 1.165) is 28.1 Å². The standard InChI is InChI=1S/C53H36N2/c1-53(2)47-25-13-12-23-45(47)51-44(24-14-26-48(51)53)41-29-30-43(39-21-10-8-20-38(39)41)50-32-49(54-52(55-50)33-15-4-3-5-16-33)34-27-28-42-37-19-7-6-17-35(37)36-18-9-11-22-40(36)46(42)31-34/h3-32H,1-2H3. The quantitative estimate of drug-likeness (QED) is 0.171. The highest BCUT2D eigenvalue weighted by Gasteiger charge is 2.36. The van der Waals surface area contributed by atoms with E-state index in [1.54, 1.807) is 0 Å². The number of benzene rings is 9. The van der Waals surface area contributed by atoms with Crippen molar-refractivity contribution in [3.8, 4) is 56.2 Å². The van der Waals surface area contributed by atoms with E-state index < -0.39 is 0 Å². The Bertz CT molecular complexity index is 3140. The van der Waals surface area contributed by atoms with Gasteiger partial charge in [0.1, 0.15) is 0 Å². The van der Waals surface area contributed by atoms with Gasteiger partial charge < -0.3 is 0 Å². The van der Waals surface area contributed by atoms with Crippen LogP contribution >= 0.6 is 0 Å². The van der Waals surface area contributed by atoms with E-state index in [0.29, 0.717) is 5.82 Å². The maximum absolute atomic E-state index is 5.30. The second kappa shape index (κ2) is 12.1. The molecule has 0 aliphatic heterocycles. The second-order valence-electron chi connectivity index (χ2n) is 15.3. The first-order valence-electron chi connectivity index (χ1n) is 19.1. The summed E-state index contributed by atoms with van der Waals surface area (Å²) >= 11 is 0. The average molecular weight is 701 g/mol. The van der Waals surface area contributed by atoms with Crippen LogP contribution in [0.4, 0.5) is 0 Å². The summed E-state index contributed by atoms with van der Waals surface area (Å²) in [5, 5.41) is 9.90. The molecule has 11 rings (SSSR count). The van der Waals surface area contributed by atoms with Gasteiger partial charge in [-0.15, -0.1) is 0 Å². The van der Waals surface area contributed by atoms with Crippen LogP contribution in [-0.2, 0) is 5.41 Å². The van der Waals surface area contributed by atoms with Gasteiger partial charge in [0.25, 0.3) is 0 Å². The second-order valence-corrected chi connectivity index (χ2v) is 15.3. The molecule has 1 aliphatic rings. The highest BCUT2D eigenvalue weighted by atomic mass is 14.9. The molecule has 0 unspecified atom stereocenters. The highest BCUT2D eigenvalue weighted by molar-refractivity contribution is 6.25. The SMILES string of the molecule is CC1(C)c2ccccc2-c2c(-c3ccc(-c4cc(-c5ccc6c7ccccc7c7ccccc7c6c5)nc(-c5ccccc5)n4)c4ccccc34)cccc21. The fraction of sp³-hybridized carbons (Fsp3) is 0.0566. The Kier molecular flexibility index (Phi) is 6.93. The average Bonchev–Trinajstić information content (AvgIpc) is 3.49. The molecule has 55 heavy (non-hydrogen) atoms. The molecular formula is C53H36N2. The summed E-state index contributed by atoms with van der Waals surface area (Å²) in [6.07, 6.45) is 0. The molecule has 0 radical (unpaired) electrons. The maximum atomic E-state index is 5.30. The fourth-order valence-electron chi connectivity index (χ4n) is 9.25. The summed E-state index contributed by atoms with van der Waals surface area (Å²) in [5.41, 5.74) is 12.8. The lowest BCUT2D eigenvalue weighted by molar-refractivity contribution is 0.660. The molecule has 0 saturated carbocycles. The Morgan fingerprint density at radius 3 is 1.58 bits per heavy atom. The molecule has 0 bridgehead atoms.